The maximum absolute atomic E-state index is 11.8. The summed E-state index contributed by atoms with van der Waals surface area (Å²) >= 11 is 0. The number of carbonyl (C=O) groups is 1. The molecule has 18 heavy (non-hydrogen) atoms. The summed E-state index contributed by atoms with van der Waals surface area (Å²) in [5, 5.41) is 1.20. The Kier molecular flexibility index (Phi) is 2.54. The molecule has 2 heterocycles. The first-order chi connectivity index (χ1) is 8.70. The third kappa shape index (κ3) is 1.58. The molecular weight excluding hydrogens is 224 g/mol. The Labute approximate surface area is 106 Å². The average Bonchev–Trinajstić information content (AvgIpc) is 2.82. The van der Waals surface area contributed by atoms with Crippen LogP contribution in [0.4, 0.5) is 0 Å². The molecule has 1 aromatic heterocycles. The van der Waals surface area contributed by atoms with Gasteiger partial charge in [-0.05, 0) is 24.1 Å². The summed E-state index contributed by atoms with van der Waals surface area (Å²) in [6, 6.07) is 8.17. The van der Waals surface area contributed by atoms with Gasteiger partial charge in [-0.15, -0.1) is 0 Å². The summed E-state index contributed by atoms with van der Waals surface area (Å²) in [7, 11) is 0. The summed E-state index contributed by atoms with van der Waals surface area (Å²) in [5.74, 6) is 0.205. The van der Waals surface area contributed by atoms with E-state index in [0.29, 0.717) is 19.5 Å². The Morgan fingerprint density at radius 2 is 2.11 bits per heavy atom. The summed E-state index contributed by atoms with van der Waals surface area (Å²) in [5.41, 5.74) is 4.59. The van der Waals surface area contributed by atoms with Crippen LogP contribution < -0.4 is 0 Å². The maximum Gasteiger partial charge on any atom is 0.222 e. The number of pyridine rings is 1. The SMILES string of the molecule is CCC(=O)N1Cc2nc3ccccc3c(C)c2C1. The van der Waals surface area contributed by atoms with Gasteiger partial charge in [0, 0.05) is 18.4 Å². The van der Waals surface area contributed by atoms with Gasteiger partial charge in [0.1, 0.15) is 0 Å². The van der Waals surface area contributed by atoms with Crippen molar-refractivity contribution in [2.45, 2.75) is 33.4 Å². The third-order valence-electron chi connectivity index (χ3n) is 3.71. The lowest BCUT2D eigenvalue weighted by Crippen LogP contribution is -2.24. The normalized spacial score (nSPS) is 14.0. The molecule has 0 radical (unpaired) electrons. The maximum atomic E-state index is 11.8. The summed E-state index contributed by atoms with van der Waals surface area (Å²) < 4.78 is 0. The molecule has 1 aliphatic heterocycles. The molecule has 1 amide bonds. The number of benzene rings is 1. The second-order valence-corrected chi connectivity index (χ2v) is 4.78. The van der Waals surface area contributed by atoms with E-state index in [1.54, 1.807) is 0 Å². The number of hydrogen-bond acceptors (Lipinski definition) is 2. The minimum absolute atomic E-state index is 0.205. The monoisotopic (exact) mass is 240 g/mol. The van der Waals surface area contributed by atoms with Crippen molar-refractivity contribution in [3.05, 3.63) is 41.1 Å². The molecule has 0 saturated heterocycles. The van der Waals surface area contributed by atoms with Gasteiger partial charge in [-0.25, -0.2) is 0 Å². The summed E-state index contributed by atoms with van der Waals surface area (Å²) in [6.07, 6.45) is 0.562. The first kappa shape index (κ1) is 11.2. The second-order valence-electron chi connectivity index (χ2n) is 4.78. The van der Waals surface area contributed by atoms with Crippen molar-refractivity contribution in [2.24, 2.45) is 0 Å². The zero-order valence-electron chi connectivity index (χ0n) is 10.7. The van der Waals surface area contributed by atoms with E-state index in [9.17, 15) is 4.79 Å². The number of rotatable bonds is 1. The number of aromatic nitrogens is 1. The predicted molar refractivity (Wildman–Crippen MR) is 71.0 cm³/mol. The Bertz CT molecular complexity index is 634. The summed E-state index contributed by atoms with van der Waals surface area (Å²) in [6.45, 7) is 5.41. The quantitative estimate of drug-likeness (QED) is 0.768. The van der Waals surface area contributed by atoms with Crippen LogP contribution in [-0.4, -0.2) is 15.8 Å². The molecule has 0 unspecified atom stereocenters. The Balaban J connectivity index is 2.11. The van der Waals surface area contributed by atoms with Gasteiger partial charge in [0.25, 0.3) is 0 Å². The van der Waals surface area contributed by atoms with Crippen LogP contribution in [0.2, 0.25) is 0 Å². The van der Waals surface area contributed by atoms with Crippen molar-refractivity contribution in [3.8, 4) is 0 Å². The van der Waals surface area contributed by atoms with Crippen molar-refractivity contribution >= 4 is 16.8 Å². The second kappa shape index (κ2) is 4.09. The predicted octanol–water partition coefficient (Wildman–Crippen LogP) is 2.80. The first-order valence-electron chi connectivity index (χ1n) is 6.35. The highest BCUT2D eigenvalue weighted by molar-refractivity contribution is 5.84. The van der Waals surface area contributed by atoms with Crippen LogP contribution in [0, 0.1) is 6.92 Å². The smallest absolute Gasteiger partial charge is 0.222 e. The van der Waals surface area contributed by atoms with E-state index in [1.165, 1.54) is 16.5 Å². The van der Waals surface area contributed by atoms with Crippen molar-refractivity contribution in [1.82, 2.24) is 9.88 Å². The number of hydrogen-bond donors (Lipinski definition) is 0. The van der Waals surface area contributed by atoms with Crippen molar-refractivity contribution in [3.63, 3.8) is 0 Å². The molecule has 0 bridgehead atoms. The van der Waals surface area contributed by atoms with Gasteiger partial charge >= 0.3 is 0 Å². The lowest BCUT2D eigenvalue weighted by atomic mass is 10.0. The lowest BCUT2D eigenvalue weighted by Gasteiger charge is -2.13. The summed E-state index contributed by atoms with van der Waals surface area (Å²) in [4.78, 5) is 18.4. The Morgan fingerprint density at radius 1 is 1.33 bits per heavy atom. The highest BCUT2D eigenvalue weighted by Crippen LogP contribution is 2.29. The van der Waals surface area contributed by atoms with Gasteiger partial charge in [0.15, 0.2) is 0 Å². The molecule has 1 aromatic carbocycles. The molecule has 0 fully saturated rings. The fourth-order valence-electron chi connectivity index (χ4n) is 2.65. The minimum Gasteiger partial charge on any atom is -0.332 e. The van der Waals surface area contributed by atoms with Crippen molar-refractivity contribution in [1.29, 1.82) is 0 Å². The molecule has 0 aliphatic carbocycles. The molecule has 1 aliphatic rings. The van der Waals surface area contributed by atoms with E-state index in [0.717, 1.165) is 11.2 Å². The highest BCUT2D eigenvalue weighted by Gasteiger charge is 2.25. The van der Waals surface area contributed by atoms with Crippen molar-refractivity contribution < 1.29 is 4.79 Å². The van der Waals surface area contributed by atoms with Gasteiger partial charge in [-0.3, -0.25) is 9.78 Å². The minimum atomic E-state index is 0.205. The van der Waals surface area contributed by atoms with Crippen LogP contribution in [0.3, 0.4) is 0 Å². The van der Waals surface area contributed by atoms with Crippen molar-refractivity contribution in [2.75, 3.05) is 0 Å². The molecule has 0 saturated carbocycles. The first-order valence-corrected chi connectivity index (χ1v) is 6.35. The van der Waals surface area contributed by atoms with Gasteiger partial charge in [-0.2, -0.15) is 0 Å². The van der Waals surface area contributed by atoms with Crippen LogP contribution in [-0.2, 0) is 17.9 Å². The van der Waals surface area contributed by atoms with E-state index >= 15 is 0 Å². The standard InChI is InChI=1S/C15H16N2O/c1-3-15(18)17-8-12-10(2)11-6-4-5-7-13(11)16-14(12)9-17/h4-7H,3,8-9H2,1-2H3. The molecule has 0 atom stereocenters. The number of amides is 1. The highest BCUT2D eigenvalue weighted by atomic mass is 16.2. The molecule has 92 valence electrons. The van der Waals surface area contributed by atoms with Gasteiger partial charge in [0.2, 0.25) is 5.91 Å². The van der Waals surface area contributed by atoms with E-state index in [-0.39, 0.29) is 5.91 Å². The van der Waals surface area contributed by atoms with Gasteiger partial charge < -0.3 is 4.90 Å². The number of aryl methyl sites for hydroxylation is 1. The fourth-order valence-corrected chi connectivity index (χ4v) is 2.65. The molecule has 0 N–H and O–H groups in total. The number of fused-ring (bicyclic) bond motifs is 2. The van der Waals surface area contributed by atoms with Crippen LogP contribution in [0.15, 0.2) is 24.3 Å². The number of nitrogens with zero attached hydrogens (tertiary/aromatic N) is 2. The molecule has 3 rings (SSSR count). The molecule has 3 heteroatoms. The van der Waals surface area contributed by atoms with Crippen LogP contribution in [0.25, 0.3) is 10.9 Å². The topological polar surface area (TPSA) is 33.2 Å². The van der Waals surface area contributed by atoms with Gasteiger partial charge in [0.05, 0.1) is 17.8 Å². The molecule has 3 nitrogen and oxygen atoms in total. The van der Waals surface area contributed by atoms with E-state index < -0.39 is 0 Å². The van der Waals surface area contributed by atoms with Gasteiger partial charge in [-0.1, -0.05) is 25.1 Å². The number of para-hydroxylation sites is 1. The van der Waals surface area contributed by atoms with Crippen LogP contribution >= 0.6 is 0 Å². The van der Waals surface area contributed by atoms with E-state index in [2.05, 4.69) is 18.0 Å². The van der Waals surface area contributed by atoms with E-state index in [1.807, 2.05) is 30.0 Å². The average molecular weight is 240 g/mol. The molecular formula is C15H16N2O. The van der Waals surface area contributed by atoms with E-state index in [4.69, 9.17) is 0 Å². The van der Waals surface area contributed by atoms with Crippen LogP contribution in [0.1, 0.15) is 30.2 Å². The molecule has 2 aromatic rings. The zero-order valence-corrected chi connectivity index (χ0v) is 10.7. The lowest BCUT2D eigenvalue weighted by molar-refractivity contribution is -0.131. The zero-order chi connectivity index (χ0) is 12.7. The number of carbonyl (C=O) groups excluding carboxylic acids is 1. The third-order valence-corrected chi connectivity index (χ3v) is 3.71. The van der Waals surface area contributed by atoms with Crippen LogP contribution in [0.5, 0.6) is 0 Å². The molecule has 0 spiro atoms. The largest absolute Gasteiger partial charge is 0.332 e. The Hall–Kier alpha value is -1.90. The Morgan fingerprint density at radius 3 is 2.89 bits per heavy atom. The fraction of sp³-hybridized carbons (Fsp3) is 0.333.